The summed E-state index contributed by atoms with van der Waals surface area (Å²) in [5.41, 5.74) is 7.40. The minimum atomic E-state index is -4.61. The highest BCUT2D eigenvalue weighted by Gasteiger charge is 2.38. The fourth-order valence-corrected chi connectivity index (χ4v) is 3.59. The van der Waals surface area contributed by atoms with E-state index in [9.17, 15) is 13.2 Å². The predicted molar refractivity (Wildman–Crippen MR) is 68.3 cm³/mol. The van der Waals surface area contributed by atoms with Gasteiger partial charge < -0.3 is 10.3 Å². The number of halogens is 3. The van der Waals surface area contributed by atoms with Crippen molar-refractivity contribution in [2.75, 3.05) is 5.73 Å². The Morgan fingerprint density at radius 3 is 2.60 bits per heavy atom. The van der Waals surface area contributed by atoms with E-state index >= 15 is 0 Å². The summed E-state index contributed by atoms with van der Waals surface area (Å²) in [5, 5.41) is 3.45. The van der Waals surface area contributed by atoms with Crippen molar-refractivity contribution in [1.29, 1.82) is 0 Å². The van der Waals surface area contributed by atoms with Crippen LogP contribution in [-0.2, 0) is 19.0 Å². The highest BCUT2D eigenvalue weighted by Crippen LogP contribution is 2.42. The Morgan fingerprint density at radius 2 is 1.90 bits per heavy atom. The van der Waals surface area contributed by atoms with Gasteiger partial charge >= 0.3 is 6.18 Å². The molecule has 0 spiro atoms. The maximum absolute atomic E-state index is 12.5. The summed E-state index contributed by atoms with van der Waals surface area (Å²) in [4.78, 5) is 4.57. The lowest BCUT2D eigenvalue weighted by molar-refractivity contribution is -0.146. The summed E-state index contributed by atoms with van der Waals surface area (Å²) in [7, 11) is 0. The number of rotatable bonds is 1. The molecule has 0 amide bonds. The van der Waals surface area contributed by atoms with Gasteiger partial charge in [-0.3, -0.25) is 0 Å². The van der Waals surface area contributed by atoms with Crippen molar-refractivity contribution in [2.24, 2.45) is 0 Å². The van der Waals surface area contributed by atoms with Crippen LogP contribution in [0.1, 0.15) is 35.5 Å². The van der Waals surface area contributed by atoms with Crippen LogP contribution < -0.4 is 5.73 Å². The summed E-state index contributed by atoms with van der Waals surface area (Å²) in [6, 6.07) is 0. The molecule has 20 heavy (non-hydrogen) atoms. The average molecular weight is 303 g/mol. The van der Waals surface area contributed by atoms with Crippen LogP contribution in [0.2, 0.25) is 0 Å². The third-order valence-electron chi connectivity index (χ3n) is 3.34. The molecule has 2 aromatic rings. The van der Waals surface area contributed by atoms with Gasteiger partial charge in [0.15, 0.2) is 0 Å². The van der Waals surface area contributed by atoms with Gasteiger partial charge in [-0.2, -0.15) is 18.2 Å². The third-order valence-corrected chi connectivity index (χ3v) is 4.46. The Hall–Kier alpha value is -1.57. The van der Waals surface area contributed by atoms with E-state index in [0.717, 1.165) is 42.5 Å². The summed E-state index contributed by atoms with van der Waals surface area (Å²) in [6.07, 6.45) is 0.273. The van der Waals surface area contributed by atoms with E-state index in [1.165, 1.54) is 11.3 Å². The van der Waals surface area contributed by atoms with Crippen molar-refractivity contribution in [1.82, 2.24) is 10.1 Å². The first kappa shape index (κ1) is 13.4. The lowest BCUT2D eigenvalue weighted by Gasteiger charge is -2.00. The van der Waals surface area contributed by atoms with Gasteiger partial charge in [-0.05, 0) is 31.2 Å². The Labute approximate surface area is 116 Å². The number of nitrogens with zero attached hydrogens (tertiary/aromatic N) is 2. The van der Waals surface area contributed by atoms with Gasteiger partial charge in [0, 0.05) is 4.88 Å². The molecular formula is C12H12F3N3OS. The molecule has 0 bridgehead atoms. The molecule has 0 saturated heterocycles. The van der Waals surface area contributed by atoms with Crippen LogP contribution in [0.25, 0.3) is 11.5 Å². The molecule has 8 heteroatoms. The van der Waals surface area contributed by atoms with Gasteiger partial charge in [0.05, 0.1) is 10.6 Å². The molecule has 108 valence electrons. The lowest BCUT2D eigenvalue weighted by atomic mass is 10.1. The Kier molecular flexibility index (Phi) is 3.19. The van der Waals surface area contributed by atoms with Gasteiger partial charge in [-0.15, -0.1) is 11.3 Å². The van der Waals surface area contributed by atoms with Gasteiger partial charge in [0.1, 0.15) is 0 Å². The first-order valence-corrected chi connectivity index (χ1v) is 7.09. The van der Waals surface area contributed by atoms with Crippen molar-refractivity contribution in [3.05, 3.63) is 16.3 Å². The molecule has 0 atom stereocenters. The van der Waals surface area contributed by atoms with Crippen molar-refractivity contribution in [3.8, 4) is 11.5 Å². The Bertz CT molecular complexity index is 632. The maximum atomic E-state index is 12.5. The summed E-state index contributed by atoms with van der Waals surface area (Å²) < 4.78 is 42.4. The zero-order chi connectivity index (χ0) is 14.3. The lowest BCUT2D eigenvalue weighted by Crippen LogP contribution is -2.07. The average Bonchev–Trinajstić information content (AvgIpc) is 2.88. The molecule has 0 fully saturated rings. The predicted octanol–water partition coefficient (Wildman–Crippen LogP) is 3.67. The third kappa shape index (κ3) is 2.28. The minimum Gasteiger partial charge on any atom is -0.390 e. The smallest absolute Gasteiger partial charge is 0.390 e. The van der Waals surface area contributed by atoms with Gasteiger partial charge in [0.25, 0.3) is 11.7 Å². The number of aromatic nitrogens is 2. The van der Waals surface area contributed by atoms with Crippen LogP contribution in [0, 0.1) is 0 Å². The number of anilines is 1. The monoisotopic (exact) mass is 303 g/mol. The van der Waals surface area contributed by atoms with E-state index in [1.807, 2.05) is 0 Å². The zero-order valence-corrected chi connectivity index (χ0v) is 11.3. The van der Waals surface area contributed by atoms with Crippen molar-refractivity contribution >= 4 is 16.3 Å². The second kappa shape index (κ2) is 4.76. The molecule has 0 aliphatic heterocycles. The number of thiophene rings is 1. The Balaban J connectivity index is 2.06. The van der Waals surface area contributed by atoms with Crippen molar-refractivity contribution in [3.63, 3.8) is 0 Å². The van der Waals surface area contributed by atoms with Crippen LogP contribution >= 0.6 is 11.3 Å². The molecule has 1 aliphatic carbocycles. The highest BCUT2D eigenvalue weighted by molar-refractivity contribution is 7.16. The number of hydrogen-bond donors (Lipinski definition) is 1. The summed E-state index contributed by atoms with van der Waals surface area (Å²) >= 11 is 1.41. The molecule has 4 nitrogen and oxygen atoms in total. The highest BCUT2D eigenvalue weighted by atomic mass is 32.1. The molecule has 2 heterocycles. The normalized spacial score (nSPS) is 15.9. The van der Waals surface area contributed by atoms with Crippen LogP contribution in [0.5, 0.6) is 0 Å². The molecule has 1 aliphatic rings. The van der Waals surface area contributed by atoms with E-state index in [-0.39, 0.29) is 5.89 Å². The summed E-state index contributed by atoms with van der Waals surface area (Å²) in [6.45, 7) is 0. The molecule has 3 rings (SSSR count). The van der Waals surface area contributed by atoms with Crippen LogP contribution in [0.15, 0.2) is 4.52 Å². The van der Waals surface area contributed by atoms with Crippen LogP contribution in [0.4, 0.5) is 18.2 Å². The molecule has 0 saturated carbocycles. The van der Waals surface area contributed by atoms with E-state index in [0.29, 0.717) is 10.6 Å². The summed E-state index contributed by atoms with van der Waals surface area (Å²) in [5.74, 6) is -1.39. The molecule has 0 radical (unpaired) electrons. The number of aryl methyl sites for hydroxylation is 1. The van der Waals surface area contributed by atoms with Crippen LogP contribution in [-0.4, -0.2) is 10.1 Å². The molecule has 2 aromatic heterocycles. The number of hydrogen-bond acceptors (Lipinski definition) is 5. The second-order valence-corrected chi connectivity index (χ2v) is 5.86. The Morgan fingerprint density at radius 1 is 1.15 bits per heavy atom. The van der Waals surface area contributed by atoms with E-state index < -0.39 is 12.0 Å². The maximum Gasteiger partial charge on any atom is 0.455 e. The zero-order valence-electron chi connectivity index (χ0n) is 10.5. The fraction of sp³-hybridized carbons (Fsp3) is 0.500. The van der Waals surface area contributed by atoms with E-state index in [4.69, 9.17) is 10.3 Å². The fourth-order valence-electron chi connectivity index (χ4n) is 2.44. The first-order valence-electron chi connectivity index (χ1n) is 6.28. The standard InChI is InChI=1S/C12H12F3N3OS/c13-12(14,15)11-17-10(19-18-11)8-6-4-2-1-3-5-7(6)20-9(8)16/h1-5,16H2. The van der Waals surface area contributed by atoms with Crippen LogP contribution in [0.3, 0.4) is 0 Å². The molecule has 2 N–H and O–H groups in total. The topological polar surface area (TPSA) is 64.9 Å². The van der Waals surface area contributed by atoms with E-state index in [2.05, 4.69) is 10.1 Å². The minimum absolute atomic E-state index is 0.130. The van der Waals surface area contributed by atoms with Crippen molar-refractivity contribution < 1.29 is 17.7 Å². The largest absolute Gasteiger partial charge is 0.455 e. The van der Waals surface area contributed by atoms with E-state index in [1.54, 1.807) is 0 Å². The quantitative estimate of drug-likeness (QED) is 0.816. The van der Waals surface area contributed by atoms with Gasteiger partial charge in [0.2, 0.25) is 0 Å². The van der Waals surface area contributed by atoms with Gasteiger partial charge in [-0.1, -0.05) is 11.6 Å². The molecular weight excluding hydrogens is 291 g/mol. The number of fused-ring (bicyclic) bond motifs is 1. The van der Waals surface area contributed by atoms with Gasteiger partial charge in [-0.25, -0.2) is 0 Å². The first-order chi connectivity index (χ1) is 9.47. The number of nitrogens with two attached hydrogens (primary N) is 1. The molecule has 0 unspecified atom stereocenters. The number of alkyl halides is 3. The molecule has 0 aromatic carbocycles. The second-order valence-electron chi connectivity index (χ2n) is 4.72. The van der Waals surface area contributed by atoms with Crippen molar-refractivity contribution in [2.45, 2.75) is 38.3 Å². The number of nitrogen functional groups attached to an aromatic ring is 1. The SMILES string of the molecule is Nc1sc2c(c1-c1nc(C(F)(F)F)no1)CCCCC2.